The number of hydrogen-bond acceptors (Lipinski definition) is 5. The highest BCUT2D eigenvalue weighted by atomic mass is 32.1. The van der Waals surface area contributed by atoms with Gasteiger partial charge in [0.25, 0.3) is 5.91 Å². The van der Waals surface area contributed by atoms with Crippen LogP contribution in [0.3, 0.4) is 0 Å². The molecule has 0 aromatic carbocycles. The molecule has 0 aliphatic heterocycles. The van der Waals surface area contributed by atoms with E-state index >= 15 is 0 Å². The number of aromatic nitrogens is 4. The highest BCUT2D eigenvalue weighted by Crippen LogP contribution is 2.22. The molecule has 0 fully saturated rings. The highest BCUT2D eigenvalue weighted by molar-refractivity contribution is 7.13. The average molecular weight is 341 g/mol. The van der Waals surface area contributed by atoms with Crippen LogP contribution in [0.25, 0.3) is 10.6 Å². The molecule has 3 rings (SSSR count). The van der Waals surface area contributed by atoms with E-state index in [4.69, 9.17) is 0 Å². The highest BCUT2D eigenvalue weighted by Gasteiger charge is 2.13. The molecular formula is C17H19N5OS. The monoisotopic (exact) mass is 341 g/mol. The average Bonchev–Trinajstić information content (AvgIpc) is 3.22. The molecule has 0 saturated heterocycles. The van der Waals surface area contributed by atoms with Crippen molar-refractivity contribution in [1.29, 1.82) is 0 Å². The zero-order chi connectivity index (χ0) is 16.9. The van der Waals surface area contributed by atoms with Crippen molar-refractivity contribution in [3.8, 4) is 10.6 Å². The Morgan fingerprint density at radius 3 is 2.96 bits per heavy atom. The van der Waals surface area contributed by atoms with Crippen LogP contribution in [0.2, 0.25) is 0 Å². The quantitative estimate of drug-likeness (QED) is 0.748. The third-order valence-electron chi connectivity index (χ3n) is 3.77. The molecular weight excluding hydrogens is 322 g/mol. The van der Waals surface area contributed by atoms with Crippen molar-refractivity contribution >= 4 is 17.2 Å². The summed E-state index contributed by atoms with van der Waals surface area (Å²) in [4.78, 5) is 20.9. The van der Waals surface area contributed by atoms with E-state index in [1.165, 1.54) is 0 Å². The van der Waals surface area contributed by atoms with Crippen molar-refractivity contribution in [1.82, 2.24) is 25.1 Å². The number of pyridine rings is 1. The van der Waals surface area contributed by atoms with Gasteiger partial charge < -0.3 is 5.32 Å². The molecule has 6 nitrogen and oxygen atoms in total. The normalized spacial score (nSPS) is 10.8. The summed E-state index contributed by atoms with van der Waals surface area (Å²) in [5.41, 5.74) is 3.51. The molecule has 1 N–H and O–H groups in total. The number of carbonyl (C=O) groups excluding carboxylic acids is 1. The third-order valence-corrected chi connectivity index (χ3v) is 4.71. The minimum absolute atomic E-state index is 0.0880. The molecule has 0 radical (unpaired) electrons. The number of hydrogen-bond donors (Lipinski definition) is 1. The van der Waals surface area contributed by atoms with E-state index < -0.39 is 0 Å². The molecule has 0 atom stereocenters. The summed E-state index contributed by atoms with van der Waals surface area (Å²) < 4.78 is 1.81. The fourth-order valence-corrected chi connectivity index (χ4v) is 3.28. The predicted octanol–water partition coefficient (Wildman–Crippen LogP) is 2.70. The van der Waals surface area contributed by atoms with E-state index in [1.807, 2.05) is 36.0 Å². The number of nitrogens with one attached hydrogen (secondary N) is 1. The van der Waals surface area contributed by atoms with Gasteiger partial charge in [0.05, 0.1) is 17.5 Å². The van der Waals surface area contributed by atoms with E-state index in [-0.39, 0.29) is 5.91 Å². The van der Waals surface area contributed by atoms with Gasteiger partial charge in [-0.2, -0.15) is 5.10 Å². The summed E-state index contributed by atoms with van der Waals surface area (Å²) in [7, 11) is 0. The van der Waals surface area contributed by atoms with Crippen LogP contribution < -0.4 is 5.32 Å². The fraction of sp³-hybridized carbons (Fsp3) is 0.294. The standard InChI is InChI=1S/C17H19N5OS/c1-3-22-12(2)15(10-20-22)16(23)19-8-6-14-11-24-17(21-14)13-5-4-7-18-9-13/h4-5,7,9-11H,3,6,8H2,1-2H3,(H,19,23). The van der Waals surface area contributed by atoms with Crippen molar-refractivity contribution in [3.05, 3.63) is 53.1 Å². The van der Waals surface area contributed by atoms with E-state index in [9.17, 15) is 4.79 Å². The van der Waals surface area contributed by atoms with Crippen LogP contribution in [0.5, 0.6) is 0 Å². The Morgan fingerprint density at radius 1 is 1.38 bits per heavy atom. The van der Waals surface area contributed by atoms with Gasteiger partial charge in [0.15, 0.2) is 0 Å². The van der Waals surface area contributed by atoms with Crippen molar-refractivity contribution in [2.24, 2.45) is 0 Å². The van der Waals surface area contributed by atoms with Crippen molar-refractivity contribution < 1.29 is 4.79 Å². The molecule has 0 unspecified atom stereocenters. The number of aryl methyl sites for hydroxylation is 1. The van der Waals surface area contributed by atoms with Crippen molar-refractivity contribution in [3.63, 3.8) is 0 Å². The number of carbonyl (C=O) groups is 1. The Balaban J connectivity index is 1.56. The first-order chi connectivity index (χ1) is 11.7. The van der Waals surface area contributed by atoms with Crippen LogP contribution >= 0.6 is 11.3 Å². The van der Waals surface area contributed by atoms with Gasteiger partial charge in [-0.1, -0.05) is 0 Å². The lowest BCUT2D eigenvalue weighted by Crippen LogP contribution is -2.26. The molecule has 7 heteroatoms. The largest absolute Gasteiger partial charge is 0.352 e. The minimum atomic E-state index is -0.0880. The van der Waals surface area contributed by atoms with Gasteiger partial charge in [-0.3, -0.25) is 14.5 Å². The first-order valence-corrected chi connectivity index (χ1v) is 8.72. The maximum atomic E-state index is 12.2. The summed E-state index contributed by atoms with van der Waals surface area (Å²) >= 11 is 1.59. The number of amides is 1. The van der Waals surface area contributed by atoms with E-state index in [2.05, 4.69) is 20.4 Å². The Morgan fingerprint density at radius 2 is 2.25 bits per heavy atom. The van der Waals surface area contributed by atoms with E-state index in [0.717, 1.165) is 28.5 Å². The second-order valence-corrected chi connectivity index (χ2v) is 6.21. The lowest BCUT2D eigenvalue weighted by Gasteiger charge is -2.04. The smallest absolute Gasteiger partial charge is 0.254 e. The van der Waals surface area contributed by atoms with Gasteiger partial charge in [0, 0.05) is 48.5 Å². The number of nitrogens with zero attached hydrogens (tertiary/aromatic N) is 4. The molecule has 3 aromatic heterocycles. The second-order valence-electron chi connectivity index (χ2n) is 5.35. The SMILES string of the molecule is CCn1ncc(C(=O)NCCc2csc(-c3cccnc3)n2)c1C. The fourth-order valence-electron chi connectivity index (χ4n) is 2.43. The molecule has 3 heterocycles. The van der Waals surface area contributed by atoms with Crippen molar-refractivity contribution in [2.45, 2.75) is 26.8 Å². The summed E-state index contributed by atoms with van der Waals surface area (Å²) in [6.45, 7) is 5.22. The zero-order valence-corrected chi connectivity index (χ0v) is 14.5. The van der Waals surface area contributed by atoms with Crippen LogP contribution in [0.4, 0.5) is 0 Å². The summed E-state index contributed by atoms with van der Waals surface area (Å²) in [5.74, 6) is -0.0880. The molecule has 1 amide bonds. The molecule has 0 aliphatic carbocycles. The van der Waals surface area contributed by atoms with Crippen LogP contribution in [-0.2, 0) is 13.0 Å². The maximum absolute atomic E-state index is 12.2. The van der Waals surface area contributed by atoms with Gasteiger partial charge in [0.2, 0.25) is 0 Å². The van der Waals surface area contributed by atoms with Gasteiger partial charge in [-0.15, -0.1) is 11.3 Å². The first kappa shape index (κ1) is 16.3. The number of rotatable bonds is 6. The summed E-state index contributed by atoms with van der Waals surface area (Å²) in [6.07, 6.45) is 5.87. The van der Waals surface area contributed by atoms with Crippen molar-refractivity contribution in [2.75, 3.05) is 6.54 Å². The molecule has 3 aromatic rings. The Kier molecular flexibility index (Phi) is 5.00. The van der Waals surface area contributed by atoms with Crippen LogP contribution in [0.15, 0.2) is 36.1 Å². The summed E-state index contributed by atoms with van der Waals surface area (Å²) in [5, 5.41) is 10.1. The van der Waals surface area contributed by atoms with Crippen LogP contribution in [-0.4, -0.2) is 32.2 Å². The third kappa shape index (κ3) is 3.51. The molecule has 0 spiro atoms. The molecule has 0 saturated carbocycles. The molecule has 124 valence electrons. The molecule has 0 aliphatic rings. The first-order valence-electron chi connectivity index (χ1n) is 7.84. The van der Waals surface area contributed by atoms with E-state index in [1.54, 1.807) is 29.9 Å². The molecule has 0 bridgehead atoms. The lowest BCUT2D eigenvalue weighted by molar-refractivity contribution is 0.0953. The van der Waals surface area contributed by atoms with Crippen LogP contribution in [0, 0.1) is 6.92 Å². The van der Waals surface area contributed by atoms with E-state index in [0.29, 0.717) is 18.5 Å². The Hall–Kier alpha value is -2.54. The predicted molar refractivity (Wildman–Crippen MR) is 94.0 cm³/mol. The Bertz CT molecular complexity index is 825. The van der Waals surface area contributed by atoms with Gasteiger partial charge in [-0.25, -0.2) is 4.98 Å². The maximum Gasteiger partial charge on any atom is 0.254 e. The summed E-state index contributed by atoms with van der Waals surface area (Å²) in [6, 6.07) is 3.89. The van der Waals surface area contributed by atoms with Gasteiger partial charge in [0.1, 0.15) is 5.01 Å². The zero-order valence-electron chi connectivity index (χ0n) is 13.7. The molecule has 24 heavy (non-hydrogen) atoms. The second kappa shape index (κ2) is 7.35. The van der Waals surface area contributed by atoms with Gasteiger partial charge >= 0.3 is 0 Å². The van der Waals surface area contributed by atoms with Gasteiger partial charge in [-0.05, 0) is 26.0 Å². The number of thiazole rings is 1. The topological polar surface area (TPSA) is 72.7 Å². The lowest BCUT2D eigenvalue weighted by atomic mass is 10.2. The Labute approximate surface area is 144 Å². The minimum Gasteiger partial charge on any atom is -0.352 e. The van der Waals surface area contributed by atoms with Crippen LogP contribution in [0.1, 0.15) is 28.7 Å².